The topological polar surface area (TPSA) is 85.1 Å². The maximum absolute atomic E-state index is 11.6. The molecule has 3 N–H and O–H groups in total. The van der Waals surface area contributed by atoms with Gasteiger partial charge in [0.2, 0.25) is 0 Å². The summed E-state index contributed by atoms with van der Waals surface area (Å²) in [5, 5.41) is 2.70. The third-order valence-electron chi connectivity index (χ3n) is 1.98. The first kappa shape index (κ1) is 12.6. The van der Waals surface area contributed by atoms with Gasteiger partial charge in [0.05, 0.1) is 5.56 Å². The summed E-state index contributed by atoms with van der Waals surface area (Å²) < 4.78 is 10.8. The van der Waals surface area contributed by atoms with Gasteiger partial charge < -0.3 is 11.1 Å². The number of rotatable bonds is 5. The van der Waals surface area contributed by atoms with E-state index in [1.54, 1.807) is 18.4 Å². The lowest BCUT2D eigenvalue weighted by molar-refractivity contribution is 0.0954. The number of hydrogen-bond acceptors (Lipinski definition) is 4. The highest BCUT2D eigenvalue weighted by atomic mass is 32.2. The molecule has 16 heavy (non-hydrogen) atoms. The second-order valence-corrected chi connectivity index (χ2v) is 4.88. The Labute approximate surface area is 96.9 Å². The van der Waals surface area contributed by atoms with Crippen molar-refractivity contribution in [1.82, 2.24) is 10.3 Å². The van der Waals surface area contributed by atoms with Crippen molar-refractivity contribution in [1.29, 1.82) is 0 Å². The number of aromatic nitrogens is 1. The van der Waals surface area contributed by atoms with E-state index in [1.165, 1.54) is 6.20 Å². The molecule has 1 unspecified atom stereocenters. The van der Waals surface area contributed by atoms with Crippen LogP contribution in [0.5, 0.6) is 0 Å². The zero-order valence-electron chi connectivity index (χ0n) is 9.10. The number of anilines is 1. The molecule has 0 aliphatic heterocycles. The molecule has 1 aromatic heterocycles. The average molecular weight is 241 g/mol. The summed E-state index contributed by atoms with van der Waals surface area (Å²) in [6.07, 6.45) is 3.86. The van der Waals surface area contributed by atoms with Gasteiger partial charge in [-0.25, -0.2) is 4.98 Å². The molecule has 0 spiro atoms. The van der Waals surface area contributed by atoms with Crippen LogP contribution in [0.2, 0.25) is 0 Å². The Kier molecular flexibility index (Phi) is 4.91. The van der Waals surface area contributed by atoms with E-state index in [9.17, 15) is 9.00 Å². The number of nitrogens with one attached hydrogen (secondary N) is 1. The number of nitrogens with zero attached hydrogens (tertiary/aromatic N) is 1. The zero-order valence-corrected chi connectivity index (χ0v) is 9.92. The predicted molar refractivity (Wildman–Crippen MR) is 64.5 cm³/mol. The number of hydrogen-bond donors (Lipinski definition) is 2. The molecule has 0 aliphatic carbocycles. The summed E-state index contributed by atoms with van der Waals surface area (Å²) in [4.78, 5) is 15.4. The van der Waals surface area contributed by atoms with E-state index >= 15 is 0 Å². The fourth-order valence-corrected chi connectivity index (χ4v) is 1.73. The van der Waals surface area contributed by atoms with Crippen LogP contribution in [0.4, 0.5) is 5.82 Å². The number of carbonyl (C=O) groups excluding carboxylic acids is 1. The van der Waals surface area contributed by atoms with Gasteiger partial charge in [0.25, 0.3) is 5.91 Å². The lowest BCUT2D eigenvalue weighted by Gasteiger charge is -2.05. The summed E-state index contributed by atoms with van der Waals surface area (Å²) in [5.74, 6) is 0.564. The molecule has 0 saturated heterocycles. The van der Waals surface area contributed by atoms with Crippen molar-refractivity contribution in [2.45, 2.75) is 6.42 Å². The van der Waals surface area contributed by atoms with E-state index in [1.807, 2.05) is 0 Å². The van der Waals surface area contributed by atoms with Crippen LogP contribution < -0.4 is 11.1 Å². The molecular weight excluding hydrogens is 226 g/mol. The van der Waals surface area contributed by atoms with Crippen molar-refractivity contribution in [3.05, 3.63) is 23.9 Å². The van der Waals surface area contributed by atoms with Crippen LogP contribution in [-0.2, 0) is 10.8 Å². The smallest absolute Gasteiger partial charge is 0.255 e. The molecule has 1 heterocycles. The van der Waals surface area contributed by atoms with Crippen LogP contribution in [-0.4, -0.2) is 33.7 Å². The normalized spacial score (nSPS) is 12.1. The lowest BCUT2D eigenvalue weighted by atomic mass is 10.2. The Morgan fingerprint density at radius 1 is 1.62 bits per heavy atom. The van der Waals surface area contributed by atoms with E-state index in [4.69, 9.17) is 5.73 Å². The van der Waals surface area contributed by atoms with Gasteiger partial charge in [-0.05, 0) is 18.6 Å². The summed E-state index contributed by atoms with van der Waals surface area (Å²) in [6.45, 7) is 0.493. The maximum Gasteiger partial charge on any atom is 0.255 e. The Morgan fingerprint density at radius 3 is 3.00 bits per heavy atom. The largest absolute Gasteiger partial charge is 0.383 e. The Bertz CT molecular complexity index is 395. The Balaban J connectivity index is 2.41. The number of amides is 1. The van der Waals surface area contributed by atoms with E-state index in [2.05, 4.69) is 10.3 Å². The first-order valence-electron chi connectivity index (χ1n) is 4.90. The Morgan fingerprint density at radius 2 is 2.38 bits per heavy atom. The highest BCUT2D eigenvalue weighted by Crippen LogP contribution is 2.05. The summed E-state index contributed by atoms with van der Waals surface area (Å²) in [6, 6.07) is 3.28. The van der Waals surface area contributed by atoms with E-state index < -0.39 is 10.8 Å². The molecule has 0 fully saturated rings. The van der Waals surface area contributed by atoms with E-state index in [0.717, 1.165) is 0 Å². The molecule has 0 aromatic carbocycles. The minimum absolute atomic E-state index is 0.221. The van der Waals surface area contributed by atoms with E-state index in [0.29, 0.717) is 24.3 Å². The quantitative estimate of drug-likeness (QED) is 0.719. The molecule has 0 bridgehead atoms. The van der Waals surface area contributed by atoms with Crippen molar-refractivity contribution in [2.75, 3.05) is 24.3 Å². The molecule has 0 saturated carbocycles. The minimum Gasteiger partial charge on any atom is -0.383 e. The average Bonchev–Trinajstić information content (AvgIpc) is 2.24. The third-order valence-corrected chi connectivity index (χ3v) is 2.84. The highest BCUT2D eigenvalue weighted by Gasteiger charge is 2.08. The van der Waals surface area contributed by atoms with Crippen molar-refractivity contribution < 1.29 is 9.00 Å². The van der Waals surface area contributed by atoms with Gasteiger partial charge in [-0.3, -0.25) is 9.00 Å². The fourth-order valence-electron chi connectivity index (χ4n) is 1.18. The van der Waals surface area contributed by atoms with Gasteiger partial charge in [0, 0.05) is 35.5 Å². The van der Waals surface area contributed by atoms with Crippen molar-refractivity contribution in [3.63, 3.8) is 0 Å². The summed E-state index contributed by atoms with van der Waals surface area (Å²) in [7, 11) is -0.817. The maximum atomic E-state index is 11.6. The van der Waals surface area contributed by atoms with Crippen LogP contribution in [0.15, 0.2) is 18.3 Å². The Hall–Kier alpha value is -1.43. The molecule has 0 aliphatic rings. The van der Waals surface area contributed by atoms with Crippen LogP contribution in [0.1, 0.15) is 16.8 Å². The zero-order chi connectivity index (χ0) is 12.0. The molecule has 5 nitrogen and oxygen atoms in total. The predicted octanol–water partition coefficient (Wildman–Crippen LogP) is 0.162. The highest BCUT2D eigenvalue weighted by molar-refractivity contribution is 7.84. The monoisotopic (exact) mass is 241 g/mol. The number of nitrogen functional groups attached to an aromatic ring is 1. The van der Waals surface area contributed by atoms with Crippen molar-refractivity contribution in [2.24, 2.45) is 0 Å². The molecule has 1 rings (SSSR count). The standard InChI is InChI=1S/C10H15N3O2S/c1-16(15)7-3-6-13-10(14)8-4-2-5-12-9(8)11/h2,4-5H,3,6-7H2,1H3,(H2,11,12)(H,13,14). The molecule has 0 radical (unpaired) electrons. The van der Waals surface area contributed by atoms with Crippen molar-refractivity contribution >= 4 is 22.5 Å². The molecule has 88 valence electrons. The summed E-state index contributed by atoms with van der Waals surface area (Å²) >= 11 is 0. The first-order chi connectivity index (χ1) is 7.61. The van der Waals surface area contributed by atoms with Gasteiger partial charge in [-0.15, -0.1) is 0 Å². The molecule has 1 aromatic rings. The first-order valence-corrected chi connectivity index (χ1v) is 6.62. The van der Waals surface area contributed by atoms with Crippen LogP contribution in [0.25, 0.3) is 0 Å². The van der Waals surface area contributed by atoms with E-state index in [-0.39, 0.29) is 11.7 Å². The van der Waals surface area contributed by atoms with Crippen LogP contribution >= 0.6 is 0 Å². The lowest BCUT2D eigenvalue weighted by Crippen LogP contribution is -2.26. The van der Waals surface area contributed by atoms with Gasteiger partial charge >= 0.3 is 0 Å². The van der Waals surface area contributed by atoms with Gasteiger partial charge in [0.15, 0.2) is 0 Å². The number of pyridine rings is 1. The molecule has 6 heteroatoms. The van der Waals surface area contributed by atoms with Gasteiger partial charge in [-0.2, -0.15) is 0 Å². The summed E-state index contributed by atoms with van der Waals surface area (Å²) in [5.41, 5.74) is 5.93. The third kappa shape index (κ3) is 3.98. The minimum atomic E-state index is -0.817. The molecular formula is C10H15N3O2S. The van der Waals surface area contributed by atoms with Gasteiger partial charge in [0.1, 0.15) is 5.82 Å². The van der Waals surface area contributed by atoms with Crippen molar-refractivity contribution in [3.8, 4) is 0 Å². The van der Waals surface area contributed by atoms with Gasteiger partial charge in [-0.1, -0.05) is 0 Å². The SMILES string of the molecule is CS(=O)CCCNC(=O)c1cccnc1N. The number of nitrogens with two attached hydrogens (primary N) is 1. The van der Waals surface area contributed by atoms with Crippen LogP contribution in [0, 0.1) is 0 Å². The number of carbonyl (C=O) groups is 1. The molecule has 1 atom stereocenters. The fraction of sp³-hybridized carbons (Fsp3) is 0.400. The second kappa shape index (κ2) is 6.22. The van der Waals surface area contributed by atoms with Crippen LogP contribution in [0.3, 0.4) is 0 Å². The second-order valence-electron chi connectivity index (χ2n) is 3.32. The molecule has 1 amide bonds.